The van der Waals surface area contributed by atoms with Crippen molar-refractivity contribution in [2.24, 2.45) is 5.92 Å². The van der Waals surface area contributed by atoms with Crippen LogP contribution in [0.25, 0.3) is 0 Å². The number of aliphatic hydroxyl groups is 1. The minimum atomic E-state index is -1.10. The summed E-state index contributed by atoms with van der Waals surface area (Å²) >= 11 is 0. The molecule has 4 N–H and O–H groups in total. The van der Waals surface area contributed by atoms with Gasteiger partial charge in [-0.3, -0.25) is 4.79 Å². The molecule has 0 aliphatic heterocycles. The molecule has 106 valence electrons. The standard InChI is InChI=1S/C12H24N2O4/c1-8(2)5-12(4,18)7-13-6-10(11(16)17)14-9(3)15/h8,10,13,18H,5-7H2,1-4H3,(H,14,15)(H,16,17). The van der Waals surface area contributed by atoms with Gasteiger partial charge in [0.1, 0.15) is 6.04 Å². The van der Waals surface area contributed by atoms with E-state index in [1.54, 1.807) is 6.92 Å². The lowest BCUT2D eigenvalue weighted by atomic mass is 9.94. The Morgan fingerprint density at radius 1 is 1.33 bits per heavy atom. The first-order valence-electron chi connectivity index (χ1n) is 6.07. The van der Waals surface area contributed by atoms with Crippen molar-refractivity contribution in [1.29, 1.82) is 0 Å². The Hall–Kier alpha value is -1.14. The summed E-state index contributed by atoms with van der Waals surface area (Å²) in [5.74, 6) is -1.13. The van der Waals surface area contributed by atoms with Crippen molar-refractivity contribution in [3.05, 3.63) is 0 Å². The molecule has 0 aliphatic rings. The van der Waals surface area contributed by atoms with Crippen LogP contribution in [0.3, 0.4) is 0 Å². The predicted molar refractivity (Wildman–Crippen MR) is 68.2 cm³/mol. The van der Waals surface area contributed by atoms with E-state index in [0.717, 1.165) is 0 Å². The molecular formula is C12H24N2O4. The first-order valence-corrected chi connectivity index (χ1v) is 6.07. The van der Waals surface area contributed by atoms with E-state index >= 15 is 0 Å². The number of carbonyl (C=O) groups is 2. The molecule has 1 amide bonds. The van der Waals surface area contributed by atoms with Crippen LogP contribution in [0.1, 0.15) is 34.1 Å². The van der Waals surface area contributed by atoms with Crippen molar-refractivity contribution < 1.29 is 19.8 Å². The number of carbonyl (C=O) groups excluding carboxylic acids is 1. The number of amides is 1. The van der Waals surface area contributed by atoms with Crippen LogP contribution in [0.4, 0.5) is 0 Å². The fraction of sp³-hybridized carbons (Fsp3) is 0.833. The molecule has 0 rings (SSSR count). The van der Waals surface area contributed by atoms with E-state index in [9.17, 15) is 14.7 Å². The third kappa shape index (κ3) is 8.03. The summed E-state index contributed by atoms with van der Waals surface area (Å²) in [6.07, 6.45) is 0.623. The molecule has 2 unspecified atom stereocenters. The van der Waals surface area contributed by atoms with Crippen molar-refractivity contribution in [3.8, 4) is 0 Å². The van der Waals surface area contributed by atoms with Gasteiger partial charge in [-0.15, -0.1) is 0 Å². The lowest BCUT2D eigenvalue weighted by Gasteiger charge is -2.26. The molecule has 0 saturated heterocycles. The Balaban J connectivity index is 4.13. The molecular weight excluding hydrogens is 236 g/mol. The Kier molecular flexibility index (Phi) is 6.86. The fourth-order valence-corrected chi connectivity index (χ4v) is 1.88. The minimum absolute atomic E-state index is 0.0865. The smallest absolute Gasteiger partial charge is 0.327 e. The number of carboxylic acid groups (broad SMARTS) is 1. The van der Waals surface area contributed by atoms with Gasteiger partial charge in [-0.25, -0.2) is 4.79 Å². The molecule has 0 saturated carbocycles. The lowest BCUT2D eigenvalue weighted by molar-refractivity contribution is -0.141. The van der Waals surface area contributed by atoms with Gasteiger partial charge >= 0.3 is 5.97 Å². The van der Waals surface area contributed by atoms with Crippen molar-refractivity contribution >= 4 is 11.9 Å². The molecule has 0 bridgehead atoms. The molecule has 0 aliphatic carbocycles. The SMILES string of the molecule is CC(=O)NC(CNCC(C)(O)CC(C)C)C(=O)O. The molecule has 0 fully saturated rings. The van der Waals surface area contributed by atoms with E-state index in [1.165, 1.54) is 6.92 Å². The van der Waals surface area contributed by atoms with Crippen molar-refractivity contribution in [2.45, 2.75) is 45.8 Å². The molecule has 18 heavy (non-hydrogen) atoms. The van der Waals surface area contributed by atoms with Gasteiger partial charge in [-0.05, 0) is 19.3 Å². The number of hydrogen-bond donors (Lipinski definition) is 4. The van der Waals surface area contributed by atoms with Gasteiger partial charge in [-0.1, -0.05) is 13.8 Å². The normalized spacial score (nSPS) is 16.1. The number of rotatable bonds is 8. The topological polar surface area (TPSA) is 98.7 Å². The van der Waals surface area contributed by atoms with Gasteiger partial charge in [-0.2, -0.15) is 0 Å². The van der Waals surface area contributed by atoms with Crippen molar-refractivity contribution in [2.75, 3.05) is 13.1 Å². The highest BCUT2D eigenvalue weighted by molar-refractivity contribution is 5.82. The second-order valence-electron chi connectivity index (χ2n) is 5.32. The Morgan fingerprint density at radius 2 is 1.89 bits per heavy atom. The molecule has 0 spiro atoms. The Labute approximate surface area is 108 Å². The van der Waals surface area contributed by atoms with Crippen LogP contribution in [-0.2, 0) is 9.59 Å². The molecule has 0 heterocycles. The molecule has 2 atom stereocenters. The summed E-state index contributed by atoms with van der Waals surface area (Å²) in [4.78, 5) is 21.7. The zero-order chi connectivity index (χ0) is 14.3. The summed E-state index contributed by atoms with van der Waals surface area (Å²) in [6, 6.07) is -0.975. The van der Waals surface area contributed by atoms with Crippen LogP contribution in [0.2, 0.25) is 0 Å². The van der Waals surface area contributed by atoms with Gasteiger partial charge < -0.3 is 20.8 Å². The summed E-state index contributed by atoms with van der Waals surface area (Å²) in [5.41, 5.74) is -0.882. The largest absolute Gasteiger partial charge is 0.480 e. The predicted octanol–water partition coefficient (Wildman–Crippen LogP) is -0.0376. The zero-order valence-electron chi connectivity index (χ0n) is 11.5. The third-order valence-electron chi connectivity index (χ3n) is 2.38. The van der Waals surface area contributed by atoms with Crippen molar-refractivity contribution in [3.63, 3.8) is 0 Å². The molecule has 0 radical (unpaired) electrons. The Bertz CT molecular complexity index is 290. The van der Waals surface area contributed by atoms with Gasteiger partial charge in [0.2, 0.25) is 5.91 Å². The fourth-order valence-electron chi connectivity index (χ4n) is 1.88. The average Bonchev–Trinajstić information content (AvgIpc) is 2.12. The van der Waals surface area contributed by atoms with Gasteiger partial charge in [0, 0.05) is 20.0 Å². The maximum atomic E-state index is 10.9. The van der Waals surface area contributed by atoms with Crippen LogP contribution in [0.15, 0.2) is 0 Å². The third-order valence-corrected chi connectivity index (χ3v) is 2.38. The van der Waals surface area contributed by atoms with E-state index in [1.807, 2.05) is 13.8 Å². The summed E-state index contributed by atoms with van der Waals surface area (Å²) in [6.45, 7) is 7.36. The second kappa shape index (κ2) is 7.33. The molecule has 0 aromatic heterocycles. The van der Waals surface area contributed by atoms with Crippen LogP contribution >= 0.6 is 0 Å². The van der Waals surface area contributed by atoms with E-state index in [0.29, 0.717) is 12.3 Å². The van der Waals surface area contributed by atoms with E-state index in [2.05, 4.69) is 10.6 Å². The van der Waals surface area contributed by atoms with E-state index in [4.69, 9.17) is 5.11 Å². The molecule has 0 aromatic carbocycles. The zero-order valence-corrected chi connectivity index (χ0v) is 11.5. The van der Waals surface area contributed by atoms with Crippen LogP contribution in [0, 0.1) is 5.92 Å². The van der Waals surface area contributed by atoms with Crippen LogP contribution in [0.5, 0.6) is 0 Å². The average molecular weight is 260 g/mol. The highest BCUT2D eigenvalue weighted by atomic mass is 16.4. The number of nitrogens with one attached hydrogen (secondary N) is 2. The monoisotopic (exact) mass is 260 g/mol. The van der Waals surface area contributed by atoms with Gasteiger partial charge in [0.15, 0.2) is 0 Å². The number of hydrogen-bond acceptors (Lipinski definition) is 4. The highest BCUT2D eigenvalue weighted by Gasteiger charge is 2.23. The van der Waals surface area contributed by atoms with Crippen LogP contribution < -0.4 is 10.6 Å². The van der Waals surface area contributed by atoms with E-state index < -0.39 is 23.5 Å². The van der Waals surface area contributed by atoms with Gasteiger partial charge in [0.05, 0.1) is 5.60 Å². The first kappa shape index (κ1) is 16.9. The second-order valence-corrected chi connectivity index (χ2v) is 5.32. The number of aliphatic carboxylic acids is 1. The van der Waals surface area contributed by atoms with Gasteiger partial charge in [0.25, 0.3) is 0 Å². The summed E-state index contributed by atoms with van der Waals surface area (Å²) in [5, 5.41) is 24.1. The maximum Gasteiger partial charge on any atom is 0.327 e. The summed E-state index contributed by atoms with van der Waals surface area (Å²) in [7, 11) is 0. The first-order chi connectivity index (χ1) is 8.14. The molecule has 6 nitrogen and oxygen atoms in total. The number of carboxylic acids is 1. The maximum absolute atomic E-state index is 10.9. The molecule has 6 heteroatoms. The molecule has 0 aromatic rings. The van der Waals surface area contributed by atoms with Crippen LogP contribution in [-0.4, -0.2) is 46.8 Å². The lowest BCUT2D eigenvalue weighted by Crippen LogP contribution is -2.49. The Morgan fingerprint density at radius 3 is 2.28 bits per heavy atom. The highest BCUT2D eigenvalue weighted by Crippen LogP contribution is 2.14. The minimum Gasteiger partial charge on any atom is -0.480 e. The van der Waals surface area contributed by atoms with E-state index in [-0.39, 0.29) is 13.1 Å². The van der Waals surface area contributed by atoms with Crippen molar-refractivity contribution in [1.82, 2.24) is 10.6 Å². The summed E-state index contributed by atoms with van der Waals surface area (Å²) < 4.78 is 0. The quantitative estimate of drug-likeness (QED) is 0.491.